The summed E-state index contributed by atoms with van der Waals surface area (Å²) in [5.74, 6) is -0.711. The smallest absolute Gasteiger partial charge is 0.263 e. The highest BCUT2D eigenvalue weighted by Crippen LogP contribution is 2.42. The molecule has 0 radical (unpaired) electrons. The molecule has 1 unspecified atom stereocenters. The minimum absolute atomic E-state index is 0.141. The van der Waals surface area contributed by atoms with Gasteiger partial charge in [-0.15, -0.1) is 0 Å². The number of ketones is 1. The van der Waals surface area contributed by atoms with Crippen LogP contribution < -0.4 is 9.64 Å². The number of rotatable bonds is 6. The first kappa shape index (κ1) is 21.0. The third kappa shape index (κ3) is 4.04. The van der Waals surface area contributed by atoms with Crippen LogP contribution in [0, 0.1) is 0 Å². The van der Waals surface area contributed by atoms with Crippen molar-refractivity contribution in [1.82, 2.24) is 4.90 Å². The number of hydrogen-bond acceptors (Lipinski definition) is 6. The lowest BCUT2D eigenvalue weighted by molar-refractivity contribution is -0.137. The summed E-state index contributed by atoms with van der Waals surface area (Å²) in [7, 11) is 1.57. The molecule has 2 aromatic carbocycles. The van der Waals surface area contributed by atoms with Gasteiger partial charge in [0, 0.05) is 31.3 Å². The summed E-state index contributed by atoms with van der Waals surface area (Å²) in [5, 5.41) is 11.1. The number of likely N-dealkylation sites (N-methyl/N-ethyl adjacent to an activating group) is 1. The number of amides is 2. The summed E-state index contributed by atoms with van der Waals surface area (Å²) >= 11 is 0. The largest absolute Gasteiger partial charge is 0.484 e. The number of fused-ring (bicyclic) bond motifs is 1. The minimum atomic E-state index is -1.91. The highest BCUT2D eigenvalue weighted by atomic mass is 16.5. The van der Waals surface area contributed by atoms with Gasteiger partial charge in [-0.25, -0.2) is 0 Å². The maximum absolute atomic E-state index is 12.9. The van der Waals surface area contributed by atoms with Crippen molar-refractivity contribution >= 4 is 23.3 Å². The van der Waals surface area contributed by atoms with Crippen LogP contribution in [0.25, 0.3) is 0 Å². The average Bonchev–Trinajstić information content (AvgIpc) is 2.99. The Labute approximate surface area is 180 Å². The van der Waals surface area contributed by atoms with E-state index in [0.717, 1.165) is 0 Å². The Hall–Kier alpha value is -3.23. The van der Waals surface area contributed by atoms with E-state index in [4.69, 9.17) is 9.47 Å². The Morgan fingerprint density at radius 1 is 1.13 bits per heavy atom. The zero-order valence-electron chi connectivity index (χ0n) is 17.2. The highest BCUT2D eigenvalue weighted by molar-refractivity contribution is 6.10. The standard InChI is InChI=1S/C23H24N2O6/c1-24-19-8-3-2-7-18(19)23(29,22(24)28)14-20(26)16-5-4-6-17(13-16)31-15-21(27)25-9-11-30-12-10-25/h2-8,13,29H,9-12,14-15H2,1H3. The Morgan fingerprint density at radius 3 is 2.65 bits per heavy atom. The van der Waals surface area contributed by atoms with Crippen molar-refractivity contribution in [3.8, 4) is 5.75 Å². The van der Waals surface area contributed by atoms with E-state index in [-0.39, 0.29) is 18.9 Å². The first-order valence-electron chi connectivity index (χ1n) is 10.1. The third-order valence-electron chi connectivity index (χ3n) is 5.67. The average molecular weight is 424 g/mol. The first-order chi connectivity index (χ1) is 14.9. The van der Waals surface area contributed by atoms with Gasteiger partial charge in [0.2, 0.25) is 0 Å². The summed E-state index contributed by atoms with van der Waals surface area (Å²) in [6.45, 7) is 1.94. The predicted molar refractivity (Wildman–Crippen MR) is 112 cm³/mol. The Balaban J connectivity index is 1.45. The molecule has 2 heterocycles. The lowest BCUT2D eigenvalue weighted by atomic mass is 9.88. The van der Waals surface area contributed by atoms with Gasteiger partial charge in [-0.1, -0.05) is 30.3 Å². The highest BCUT2D eigenvalue weighted by Gasteiger charge is 2.49. The maximum atomic E-state index is 12.9. The monoisotopic (exact) mass is 424 g/mol. The number of para-hydroxylation sites is 1. The molecule has 8 heteroatoms. The number of anilines is 1. The molecule has 162 valence electrons. The first-order valence-corrected chi connectivity index (χ1v) is 10.1. The van der Waals surface area contributed by atoms with E-state index in [1.807, 2.05) is 0 Å². The van der Waals surface area contributed by atoms with E-state index < -0.39 is 17.3 Å². The van der Waals surface area contributed by atoms with Gasteiger partial charge in [-0.3, -0.25) is 14.4 Å². The molecule has 0 aromatic heterocycles. The van der Waals surface area contributed by atoms with Crippen LogP contribution in [-0.2, 0) is 19.9 Å². The van der Waals surface area contributed by atoms with Gasteiger partial charge in [0.25, 0.3) is 11.8 Å². The van der Waals surface area contributed by atoms with Gasteiger partial charge in [-0.05, 0) is 18.2 Å². The van der Waals surface area contributed by atoms with Crippen molar-refractivity contribution in [3.05, 3.63) is 59.7 Å². The van der Waals surface area contributed by atoms with Gasteiger partial charge in [0.05, 0.1) is 25.3 Å². The van der Waals surface area contributed by atoms with Crippen molar-refractivity contribution in [1.29, 1.82) is 0 Å². The van der Waals surface area contributed by atoms with Gasteiger partial charge >= 0.3 is 0 Å². The second-order valence-corrected chi connectivity index (χ2v) is 7.65. The third-order valence-corrected chi connectivity index (χ3v) is 5.67. The molecule has 31 heavy (non-hydrogen) atoms. The van der Waals surface area contributed by atoms with E-state index in [1.165, 1.54) is 11.0 Å². The molecular weight excluding hydrogens is 400 g/mol. The van der Waals surface area contributed by atoms with Crippen molar-refractivity contribution < 1.29 is 29.0 Å². The van der Waals surface area contributed by atoms with Crippen LogP contribution >= 0.6 is 0 Å². The molecule has 0 spiro atoms. The molecule has 2 aliphatic rings. The van der Waals surface area contributed by atoms with Crippen LogP contribution in [0.4, 0.5) is 5.69 Å². The second kappa shape index (κ2) is 8.49. The van der Waals surface area contributed by atoms with Gasteiger partial charge in [-0.2, -0.15) is 0 Å². The lowest BCUT2D eigenvalue weighted by Crippen LogP contribution is -2.43. The zero-order valence-corrected chi connectivity index (χ0v) is 17.2. The van der Waals surface area contributed by atoms with Crippen molar-refractivity contribution in [2.24, 2.45) is 0 Å². The number of ether oxygens (including phenoxy) is 2. The molecular formula is C23H24N2O6. The number of carbonyl (C=O) groups excluding carboxylic acids is 3. The van der Waals surface area contributed by atoms with Crippen LogP contribution in [0.5, 0.6) is 5.75 Å². The zero-order chi connectivity index (χ0) is 22.0. The molecule has 1 fully saturated rings. The number of Topliss-reactive ketones (excluding diaryl/α,β-unsaturated/α-hetero) is 1. The normalized spacial score (nSPS) is 20.5. The summed E-state index contributed by atoms with van der Waals surface area (Å²) in [4.78, 5) is 40.9. The maximum Gasteiger partial charge on any atom is 0.263 e. The van der Waals surface area contributed by atoms with Crippen LogP contribution in [0.2, 0.25) is 0 Å². The summed E-state index contributed by atoms with van der Waals surface area (Å²) in [5.41, 5.74) is -0.614. The molecule has 1 saturated heterocycles. The number of hydrogen-bond donors (Lipinski definition) is 1. The second-order valence-electron chi connectivity index (χ2n) is 7.65. The van der Waals surface area contributed by atoms with Crippen LogP contribution in [0.3, 0.4) is 0 Å². The summed E-state index contributed by atoms with van der Waals surface area (Å²) in [6, 6.07) is 13.3. The quantitative estimate of drug-likeness (QED) is 0.704. The minimum Gasteiger partial charge on any atom is -0.484 e. The number of benzene rings is 2. The Bertz CT molecular complexity index is 1020. The number of aliphatic hydroxyl groups is 1. The molecule has 2 aliphatic heterocycles. The van der Waals surface area contributed by atoms with Crippen molar-refractivity contribution in [2.75, 3.05) is 44.9 Å². The molecule has 1 N–H and O–H groups in total. The molecule has 0 aliphatic carbocycles. The van der Waals surface area contributed by atoms with Crippen LogP contribution in [0.1, 0.15) is 22.3 Å². The molecule has 0 saturated carbocycles. The Morgan fingerprint density at radius 2 is 1.87 bits per heavy atom. The fourth-order valence-corrected chi connectivity index (χ4v) is 3.93. The number of morpholine rings is 1. The topological polar surface area (TPSA) is 96.4 Å². The van der Waals surface area contributed by atoms with E-state index in [1.54, 1.807) is 54.4 Å². The SMILES string of the molecule is CN1C(=O)C(O)(CC(=O)c2cccc(OCC(=O)N3CCOCC3)c2)c2ccccc21. The Kier molecular flexibility index (Phi) is 5.75. The summed E-state index contributed by atoms with van der Waals surface area (Å²) < 4.78 is 10.8. The van der Waals surface area contributed by atoms with E-state index in [2.05, 4.69) is 0 Å². The molecule has 4 rings (SSSR count). The lowest BCUT2D eigenvalue weighted by Gasteiger charge is -2.26. The summed E-state index contributed by atoms with van der Waals surface area (Å²) in [6.07, 6.45) is -0.386. The fourth-order valence-electron chi connectivity index (χ4n) is 3.93. The van der Waals surface area contributed by atoms with Crippen LogP contribution in [-0.4, -0.2) is 67.6 Å². The molecule has 2 aromatic rings. The van der Waals surface area contributed by atoms with Gasteiger partial charge < -0.3 is 24.4 Å². The predicted octanol–water partition coefficient (Wildman–Crippen LogP) is 1.36. The molecule has 1 atom stereocenters. The fraction of sp³-hybridized carbons (Fsp3) is 0.348. The molecule has 8 nitrogen and oxygen atoms in total. The van der Waals surface area contributed by atoms with Gasteiger partial charge in [0.1, 0.15) is 5.75 Å². The van der Waals surface area contributed by atoms with Crippen molar-refractivity contribution in [2.45, 2.75) is 12.0 Å². The van der Waals surface area contributed by atoms with Crippen molar-refractivity contribution in [3.63, 3.8) is 0 Å². The van der Waals surface area contributed by atoms with E-state index in [9.17, 15) is 19.5 Å². The molecule has 0 bridgehead atoms. The number of carbonyl (C=O) groups is 3. The van der Waals surface area contributed by atoms with E-state index >= 15 is 0 Å². The van der Waals surface area contributed by atoms with E-state index in [0.29, 0.717) is 48.9 Å². The molecule has 2 amide bonds. The van der Waals surface area contributed by atoms with Gasteiger partial charge in [0.15, 0.2) is 18.0 Å². The number of nitrogens with zero attached hydrogens (tertiary/aromatic N) is 2. The van der Waals surface area contributed by atoms with Crippen LogP contribution in [0.15, 0.2) is 48.5 Å².